The first-order valence-corrected chi connectivity index (χ1v) is 9.75. The summed E-state index contributed by atoms with van der Waals surface area (Å²) in [6.45, 7) is 0. The Kier molecular flexibility index (Phi) is 4.39. The number of likely N-dealkylation sites (N-methyl/N-ethyl adjacent to an activating group) is 1. The van der Waals surface area contributed by atoms with E-state index in [0.29, 0.717) is 5.82 Å². The van der Waals surface area contributed by atoms with Crippen LogP contribution in [-0.2, 0) is 16.4 Å². The van der Waals surface area contributed by atoms with Gasteiger partial charge in [-0.05, 0) is 33.5 Å². The molecule has 122 valence electrons. The van der Waals surface area contributed by atoms with Crippen LogP contribution < -0.4 is 5.32 Å². The monoisotopic (exact) mass is 396 g/mol. The Balaban J connectivity index is 1.98. The van der Waals surface area contributed by atoms with Gasteiger partial charge in [-0.15, -0.1) is 0 Å². The molecule has 0 spiro atoms. The summed E-state index contributed by atoms with van der Waals surface area (Å²) >= 11 is 3.42. The average Bonchev–Trinajstić information content (AvgIpc) is 2.85. The zero-order chi connectivity index (χ0) is 16.6. The van der Waals surface area contributed by atoms with E-state index < -0.39 is 10.0 Å². The average molecular weight is 397 g/mol. The number of nitrogens with zero attached hydrogens (tertiary/aromatic N) is 3. The molecule has 1 aliphatic carbocycles. The lowest BCUT2D eigenvalue weighted by Gasteiger charge is -2.29. The minimum atomic E-state index is -3.32. The van der Waals surface area contributed by atoms with E-state index in [4.69, 9.17) is 0 Å². The summed E-state index contributed by atoms with van der Waals surface area (Å²) in [5, 5.41) is 3.36. The molecule has 1 aromatic heterocycles. The van der Waals surface area contributed by atoms with Crippen molar-refractivity contribution in [3.05, 3.63) is 52.4 Å². The predicted octanol–water partition coefficient (Wildman–Crippen LogP) is 2.21. The lowest BCUT2D eigenvalue weighted by atomic mass is 10.1. The molecule has 1 heterocycles. The number of hydrogen-bond donors (Lipinski definition) is 1. The molecule has 2 atom stereocenters. The van der Waals surface area contributed by atoms with Gasteiger partial charge in [-0.25, -0.2) is 18.4 Å². The molecule has 3 rings (SSSR count). The maximum Gasteiger partial charge on any atom is 0.211 e. The minimum Gasteiger partial charge on any atom is -0.364 e. The number of fused-ring (bicyclic) bond motifs is 1. The Morgan fingerprint density at radius 3 is 2.78 bits per heavy atom. The van der Waals surface area contributed by atoms with Gasteiger partial charge in [0, 0.05) is 13.2 Å². The van der Waals surface area contributed by atoms with E-state index in [-0.39, 0.29) is 12.1 Å². The highest BCUT2D eigenvalue weighted by Crippen LogP contribution is 2.38. The number of hydrogen-bond acceptors (Lipinski definition) is 5. The Morgan fingerprint density at radius 2 is 2.09 bits per heavy atom. The molecule has 0 aliphatic heterocycles. The number of aromatic nitrogens is 2. The van der Waals surface area contributed by atoms with Crippen LogP contribution in [0.25, 0.3) is 0 Å². The smallest absolute Gasteiger partial charge is 0.211 e. The molecule has 0 radical (unpaired) electrons. The Labute approximate surface area is 144 Å². The normalized spacial score (nSPS) is 20.5. The zero-order valence-corrected chi connectivity index (χ0v) is 15.2. The Bertz CT molecular complexity index is 828. The summed E-state index contributed by atoms with van der Waals surface area (Å²) in [5.41, 5.74) is 2.18. The van der Waals surface area contributed by atoms with Gasteiger partial charge in [0.1, 0.15) is 12.1 Å². The van der Waals surface area contributed by atoms with Crippen molar-refractivity contribution in [3.63, 3.8) is 0 Å². The van der Waals surface area contributed by atoms with Crippen molar-refractivity contribution >= 4 is 31.8 Å². The summed E-state index contributed by atoms with van der Waals surface area (Å²) in [5.74, 6) is 0.657. The predicted molar refractivity (Wildman–Crippen MR) is 92.6 cm³/mol. The second kappa shape index (κ2) is 6.18. The summed E-state index contributed by atoms with van der Waals surface area (Å²) in [6.07, 6.45) is 5.08. The third-order valence-corrected chi connectivity index (χ3v) is 5.95. The largest absolute Gasteiger partial charge is 0.364 e. The third kappa shape index (κ3) is 3.24. The number of benzene rings is 1. The fraction of sp³-hybridized carbons (Fsp3) is 0.333. The first-order valence-electron chi connectivity index (χ1n) is 7.11. The number of nitrogens with one attached hydrogen (secondary N) is 1. The highest BCUT2D eigenvalue weighted by molar-refractivity contribution is 9.10. The van der Waals surface area contributed by atoms with E-state index in [1.54, 1.807) is 13.2 Å². The molecule has 2 aromatic rings. The van der Waals surface area contributed by atoms with Gasteiger partial charge >= 0.3 is 0 Å². The topological polar surface area (TPSA) is 75.2 Å². The summed E-state index contributed by atoms with van der Waals surface area (Å²) in [7, 11) is -1.70. The van der Waals surface area contributed by atoms with Crippen LogP contribution in [0.4, 0.5) is 5.82 Å². The molecule has 0 amide bonds. The maximum atomic E-state index is 12.1. The van der Waals surface area contributed by atoms with E-state index in [1.165, 1.54) is 16.9 Å². The van der Waals surface area contributed by atoms with Crippen LogP contribution in [0.1, 0.15) is 17.2 Å². The first-order chi connectivity index (χ1) is 10.9. The van der Waals surface area contributed by atoms with Gasteiger partial charge in [-0.1, -0.05) is 24.3 Å². The lowest BCUT2D eigenvalue weighted by Crippen LogP contribution is -2.39. The van der Waals surface area contributed by atoms with Crippen LogP contribution in [0.3, 0.4) is 0 Å². The number of halogens is 1. The van der Waals surface area contributed by atoms with E-state index in [9.17, 15) is 8.42 Å². The number of anilines is 1. The van der Waals surface area contributed by atoms with Crippen LogP contribution in [0, 0.1) is 0 Å². The zero-order valence-electron chi connectivity index (χ0n) is 12.8. The van der Waals surface area contributed by atoms with Gasteiger partial charge in [0.2, 0.25) is 10.0 Å². The molecule has 0 saturated carbocycles. The van der Waals surface area contributed by atoms with Crippen molar-refractivity contribution < 1.29 is 8.42 Å². The third-order valence-electron chi connectivity index (χ3n) is 4.10. The van der Waals surface area contributed by atoms with Crippen molar-refractivity contribution in [1.82, 2.24) is 14.3 Å². The van der Waals surface area contributed by atoms with Gasteiger partial charge in [-0.2, -0.15) is 4.31 Å². The van der Waals surface area contributed by atoms with Crippen LogP contribution >= 0.6 is 15.9 Å². The second-order valence-corrected chi connectivity index (χ2v) is 8.49. The molecule has 1 aliphatic rings. The highest BCUT2D eigenvalue weighted by Gasteiger charge is 2.38. The van der Waals surface area contributed by atoms with Gasteiger partial charge in [0.05, 0.1) is 22.8 Å². The SMILES string of the molecule is CN([C@@H]1c2ccccc2C[C@H]1Nc1ncncc1Br)S(C)(=O)=O. The molecule has 23 heavy (non-hydrogen) atoms. The van der Waals surface area contributed by atoms with Crippen molar-refractivity contribution in [2.75, 3.05) is 18.6 Å². The summed E-state index contributed by atoms with van der Waals surface area (Å²) in [6, 6.07) is 7.55. The minimum absolute atomic E-state index is 0.0988. The van der Waals surface area contributed by atoms with E-state index in [2.05, 4.69) is 31.2 Å². The molecule has 0 saturated heterocycles. The van der Waals surface area contributed by atoms with E-state index in [0.717, 1.165) is 22.0 Å². The number of rotatable bonds is 4. The standard InChI is InChI=1S/C15H17BrN4O2S/c1-20(23(2,21)22)14-11-6-4-3-5-10(11)7-13(14)19-15-12(16)8-17-9-18-15/h3-6,8-9,13-14H,7H2,1-2H3,(H,17,18,19)/t13-,14-/m1/s1. The van der Waals surface area contributed by atoms with Gasteiger partial charge < -0.3 is 5.32 Å². The van der Waals surface area contributed by atoms with Crippen LogP contribution in [0.5, 0.6) is 0 Å². The molecular weight excluding hydrogens is 380 g/mol. The molecular formula is C15H17BrN4O2S. The molecule has 8 heteroatoms. The highest BCUT2D eigenvalue weighted by atomic mass is 79.9. The number of sulfonamides is 1. The fourth-order valence-electron chi connectivity index (χ4n) is 2.95. The Hall–Kier alpha value is -1.51. The molecule has 0 bridgehead atoms. The van der Waals surface area contributed by atoms with Gasteiger partial charge in [0.15, 0.2) is 0 Å². The second-order valence-electron chi connectivity index (χ2n) is 5.60. The first kappa shape index (κ1) is 16.4. The van der Waals surface area contributed by atoms with Crippen molar-refractivity contribution in [1.29, 1.82) is 0 Å². The van der Waals surface area contributed by atoms with Crippen LogP contribution in [0.15, 0.2) is 41.3 Å². The maximum absolute atomic E-state index is 12.1. The van der Waals surface area contributed by atoms with Crippen molar-refractivity contribution in [2.45, 2.75) is 18.5 Å². The molecule has 1 N–H and O–H groups in total. The Morgan fingerprint density at radius 1 is 1.35 bits per heavy atom. The van der Waals surface area contributed by atoms with E-state index in [1.807, 2.05) is 24.3 Å². The molecule has 1 aromatic carbocycles. The van der Waals surface area contributed by atoms with Crippen LogP contribution in [0.2, 0.25) is 0 Å². The van der Waals surface area contributed by atoms with Crippen molar-refractivity contribution in [2.24, 2.45) is 0 Å². The van der Waals surface area contributed by atoms with E-state index >= 15 is 0 Å². The molecule has 6 nitrogen and oxygen atoms in total. The summed E-state index contributed by atoms with van der Waals surface area (Å²) in [4.78, 5) is 8.17. The quantitative estimate of drug-likeness (QED) is 0.856. The van der Waals surface area contributed by atoms with Crippen LogP contribution in [-0.4, -0.2) is 42.0 Å². The molecule has 0 fully saturated rings. The summed E-state index contributed by atoms with van der Waals surface area (Å²) < 4.78 is 26.3. The van der Waals surface area contributed by atoms with Gasteiger partial charge in [0.25, 0.3) is 0 Å². The lowest BCUT2D eigenvalue weighted by molar-refractivity contribution is 0.356. The fourth-order valence-corrected chi connectivity index (χ4v) is 3.96. The van der Waals surface area contributed by atoms with Gasteiger partial charge in [-0.3, -0.25) is 0 Å². The van der Waals surface area contributed by atoms with Crippen molar-refractivity contribution in [3.8, 4) is 0 Å². The molecule has 0 unspecified atom stereocenters.